The predicted molar refractivity (Wildman–Crippen MR) is 89.6 cm³/mol. The fourth-order valence-electron chi connectivity index (χ4n) is 3.02. The van der Waals surface area contributed by atoms with Crippen molar-refractivity contribution in [3.8, 4) is 5.88 Å². The van der Waals surface area contributed by atoms with Crippen LogP contribution < -0.4 is 10.1 Å². The fraction of sp³-hybridized carbons (Fsp3) is 0.389. The van der Waals surface area contributed by atoms with E-state index < -0.39 is 0 Å². The zero-order chi connectivity index (χ0) is 15.6. The first-order chi connectivity index (χ1) is 10.6. The first-order valence-corrected chi connectivity index (χ1v) is 7.96. The minimum Gasteiger partial charge on any atom is -0.477 e. The molecule has 0 radical (unpaired) electrons. The van der Waals surface area contributed by atoms with Gasteiger partial charge in [0, 0.05) is 41.7 Å². The first-order valence-electron chi connectivity index (χ1n) is 7.58. The van der Waals surface area contributed by atoms with E-state index >= 15 is 0 Å². The third-order valence-electron chi connectivity index (χ3n) is 4.42. The molecule has 3 nitrogen and oxygen atoms in total. The molecule has 1 aliphatic rings. The molecule has 0 spiro atoms. The Labute approximate surface area is 136 Å². The van der Waals surface area contributed by atoms with E-state index in [-0.39, 0.29) is 5.41 Å². The average Bonchev–Trinajstić information content (AvgIpc) is 2.90. The number of halogens is 1. The molecule has 1 aromatic carbocycles. The Balaban J connectivity index is 1.72. The standard InChI is InChI=1S/C18H21ClN2O/c1-13-3-8-17(21-9-13)22-12-18(2)11-20-10-16(18)14-4-6-15(19)7-5-14/h3-9,16,20H,10-12H2,1-2H3/t16-,18-/m1/s1. The van der Waals surface area contributed by atoms with Crippen LogP contribution in [0.25, 0.3) is 0 Å². The Bertz CT molecular complexity index is 627. The molecule has 3 rings (SSSR count). The summed E-state index contributed by atoms with van der Waals surface area (Å²) in [6.07, 6.45) is 1.83. The number of ether oxygens (including phenoxy) is 1. The van der Waals surface area contributed by atoms with Gasteiger partial charge in [0.15, 0.2) is 0 Å². The summed E-state index contributed by atoms with van der Waals surface area (Å²) in [5.74, 6) is 1.10. The normalized spacial score (nSPS) is 24.4. The van der Waals surface area contributed by atoms with E-state index in [0.717, 1.165) is 23.7 Å². The zero-order valence-electron chi connectivity index (χ0n) is 13.0. The van der Waals surface area contributed by atoms with Crippen LogP contribution in [0.15, 0.2) is 42.6 Å². The van der Waals surface area contributed by atoms with Gasteiger partial charge >= 0.3 is 0 Å². The van der Waals surface area contributed by atoms with E-state index in [1.54, 1.807) is 0 Å². The minimum absolute atomic E-state index is 0.0421. The Hall–Kier alpha value is -1.58. The van der Waals surface area contributed by atoms with Crippen molar-refractivity contribution < 1.29 is 4.74 Å². The lowest BCUT2D eigenvalue weighted by Crippen LogP contribution is -2.32. The van der Waals surface area contributed by atoms with Gasteiger partial charge in [-0.25, -0.2) is 4.98 Å². The second kappa shape index (κ2) is 6.27. The Kier molecular flexibility index (Phi) is 4.37. The Morgan fingerprint density at radius 1 is 1.27 bits per heavy atom. The van der Waals surface area contributed by atoms with Gasteiger partial charge in [0.05, 0.1) is 6.61 Å². The van der Waals surface area contributed by atoms with Crippen molar-refractivity contribution in [2.24, 2.45) is 5.41 Å². The summed E-state index contributed by atoms with van der Waals surface area (Å²) in [4.78, 5) is 4.32. The number of pyridine rings is 1. The van der Waals surface area contributed by atoms with Gasteiger partial charge in [-0.1, -0.05) is 36.7 Å². The number of aromatic nitrogens is 1. The highest BCUT2D eigenvalue weighted by Gasteiger charge is 2.40. The van der Waals surface area contributed by atoms with Gasteiger partial charge in [-0.3, -0.25) is 0 Å². The van der Waals surface area contributed by atoms with Crippen molar-refractivity contribution >= 4 is 11.6 Å². The molecule has 2 heterocycles. The highest BCUT2D eigenvalue weighted by molar-refractivity contribution is 6.30. The molecule has 2 aromatic rings. The van der Waals surface area contributed by atoms with Crippen molar-refractivity contribution in [1.82, 2.24) is 10.3 Å². The highest BCUT2D eigenvalue weighted by Crippen LogP contribution is 2.39. The van der Waals surface area contributed by atoms with Gasteiger partial charge in [0.2, 0.25) is 5.88 Å². The molecule has 116 valence electrons. The predicted octanol–water partition coefficient (Wildman–Crippen LogP) is 3.82. The summed E-state index contributed by atoms with van der Waals surface area (Å²) >= 11 is 5.99. The molecule has 22 heavy (non-hydrogen) atoms. The first kappa shape index (κ1) is 15.3. The molecule has 0 saturated carbocycles. The fourth-order valence-corrected chi connectivity index (χ4v) is 3.14. The topological polar surface area (TPSA) is 34.1 Å². The third-order valence-corrected chi connectivity index (χ3v) is 4.68. The van der Waals surface area contributed by atoms with E-state index in [0.29, 0.717) is 18.4 Å². The van der Waals surface area contributed by atoms with Gasteiger partial charge in [-0.2, -0.15) is 0 Å². The second-order valence-electron chi connectivity index (χ2n) is 6.35. The van der Waals surface area contributed by atoms with E-state index in [1.165, 1.54) is 5.56 Å². The van der Waals surface area contributed by atoms with Crippen molar-refractivity contribution in [3.05, 3.63) is 58.7 Å². The van der Waals surface area contributed by atoms with Crippen LogP contribution in [-0.4, -0.2) is 24.7 Å². The molecular formula is C18H21ClN2O. The quantitative estimate of drug-likeness (QED) is 0.931. The summed E-state index contributed by atoms with van der Waals surface area (Å²) in [7, 11) is 0. The monoisotopic (exact) mass is 316 g/mol. The maximum Gasteiger partial charge on any atom is 0.213 e. The van der Waals surface area contributed by atoms with Crippen molar-refractivity contribution in [1.29, 1.82) is 0 Å². The van der Waals surface area contributed by atoms with Crippen LogP contribution in [0.4, 0.5) is 0 Å². The van der Waals surface area contributed by atoms with Crippen LogP contribution in [0.5, 0.6) is 5.88 Å². The molecule has 1 saturated heterocycles. The smallest absolute Gasteiger partial charge is 0.213 e. The molecule has 0 unspecified atom stereocenters. The molecule has 4 heteroatoms. The lowest BCUT2D eigenvalue weighted by molar-refractivity contribution is 0.158. The van der Waals surface area contributed by atoms with E-state index in [4.69, 9.17) is 16.3 Å². The van der Waals surface area contributed by atoms with Crippen LogP contribution in [0.1, 0.15) is 24.0 Å². The van der Waals surface area contributed by atoms with Crippen LogP contribution in [0.2, 0.25) is 5.02 Å². The molecule has 1 aromatic heterocycles. The molecule has 1 aliphatic heterocycles. The molecule has 0 amide bonds. The largest absolute Gasteiger partial charge is 0.477 e. The number of rotatable bonds is 4. The number of hydrogen-bond acceptors (Lipinski definition) is 3. The maximum absolute atomic E-state index is 5.99. The van der Waals surface area contributed by atoms with Gasteiger partial charge in [-0.05, 0) is 30.2 Å². The van der Waals surface area contributed by atoms with Crippen LogP contribution in [0.3, 0.4) is 0 Å². The van der Waals surface area contributed by atoms with Crippen molar-refractivity contribution in [2.75, 3.05) is 19.7 Å². The third kappa shape index (κ3) is 3.26. The molecule has 2 atom stereocenters. The number of benzene rings is 1. The lowest BCUT2D eigenvalue weighted by Gasteiger charge is -2.30. The lowest BCUT2D eigenvalue weighted by atomic mass is 9.77. The molecular weight excluding hydrogens is 296 g/mol. The molecule has 1 N–H and O–H groups in total. The molecule has 0 aliphatic carbocycles. The summed E-state index contributed by atoms with van der Waals surface area (Å²) in [5, 5.41) is 4.26. The summed E-state index contributed by atoms with van der Waals surface area (Å²) in [5.41, 5.74) is 2.48. The summed E-state index contributed by atoms with van der Waals surface area (Å²) in [6, 6.07) is 12.1. The number of hydrogen-bond donors (Lipinski definition) is 1. The molecule has 1 fully saturated rings. The summed E-state index contributed by atoms with van der Waals surface area (Å²) in [6.45, 7) is 6.83. The van der Waals surface area contributed by atoms with Gasteiger partial charge in [0.25, 0.3) is 0 Å². The van der Waals surface area contributed by atoms with Gasteiger partial charge < -0.3 is 10.1 Å². The van der Waals surface area contributed by atoms with Crippen LogP contribution in [0, 0.1) is 12.3 Å². The second-order valence-corrected chi connectivity index (χ2v) is 6.79. The van der Waals surface area contributed by atoms with Crippen molar-refractivity contribution in [2.45, 2.75) is 19.8 Å². The van der Waals surface area contributed by atoms with E-state index in [9.17, 15) is 0 Å². The van der Waals surface area contributed by atoms with E-state index in [2.05, 4.69) is 29.4 Å². The number of aryl methyl sites for hydroxylation is 1. The minimum atomic E-state index is 0.0421. The van der Waals surface area contributed by atoms with Gasteiger partial charge in [-0.15, -0.1) is 0 Å². The Morgan fingerprint density at radius 2 is 2.05 bits per heavy atom. The highest BCUT2D eigenvalue weighted by atomic mass is 35.5. The number of nitrogens with zero attached hydrogens (tertiary/aromatic N) is 1. The van der Waals surface area contributed by atoms with Gasteiger partial charge in [0.1, 0.15) is 0 Å². The van der Waals surface area contributed by atoms with E-state index in [1.807, 2.05) is 37.4 Å². The zero-order valence-corrected chi connectivity index (χ0v) is 13.7. The SMILES string of the molecule is Cc1ccc(OC[C@@]2(C)CNC[C@@H]2c2ccc(Cl)cc2)nc1. The van der Waals surface area contributed by atoms with Crippen LogP contribution >= 0.6 is 11.6 Å². The average molecular weight is 317 g/mol. The Morgan fingerprint density at radius 3 is 2.73 bits per heavy atom. The number of nitrogens with one attached hydrogen (secondary N) is 1. The van der Waals surface area contributed by atoms with Crippen molar-refractivity contribution in [3.63, 3.8) is 0 Å². The van der Waals surface area contributed by atoms with Crippen LogP contribution in [-0.2, 0) is 0 Å². The molecule has 0 bridgehead atoms. The summed E-state index contributed by atoms with van der Waals surface area (Å²) < 4.78 is 5.95. The maximum atomic E-state index is 5.99.